The zero-order valence-corrected chi connectivity index (χ0v) is 9.69. The van der Waals surface area contributed by atoms with E-state index in [-0.39, 0.29) is 24.6 Å². The van der Waals surface area contributed by atoms with Gasteiger partial charge in [-0.3, -0.25) is 10.4 Å². The van der Waals surface area contributed by atoms with Gasteiger partial charge in [0.05, 0.1) is 6.61 Å². The number of hydrogen-bond donors (Lipinski definition) is 2. The van der Waals surface area contributed by atoms with Crippen LogP contribution in [0.2, 0.25) is 0 Å². The van der Waals surface area contributed by atoms with Gasteiger partial charge in [0.25, 0.3) is 11.8 Å². The highest BCUT2D eigenvalue weighted by Gasteiger charge is 2.17. The monoisotopic (exact) mass is 249 g/mol. The number of β-amino-alcohol motifs (C(OH)–C–C–N with tert-alkyl or cyclic N) is 1. The molecule has 7 nitrogen and oxygen atoms in total. The molecule has 1 aliphatic heterocycles. The highest BCUT2D eigenvalue weighted by molar-refractivity contribution is 5.85. The second-order valence-electron chi connectivity index (χ2n) is 3.51. The summed E-state index contributed by atoms with van der Waals surface area (Å²) in [6.07, 6.45) is 1.54. The summed E-state index contributed by atoms with van der Waals surface area (Å²) in [5, 5.41) is 21.7. The Hall–Kier alpha value is -1.05. The predicted octanol–water partition coefficient (Wildman–Crippen LogP) is -2.33. The molecule has 0 aliphatic carbocycles. The van der Waals surface area contributed by atoms with Crippen molar-refractivity contribution in [2.75, 3.05) is 44.3 Å². The van der Waals surface area contributed by atoms with E-state index >= 15 is 0 Å². The van der Waals surface area contributed by atoms with E-state index in [1.807, 2.05) is 5.01 Å². The predicted molar refractivity (Wildman–Crippen MR) is 56.8 cm³/mol. The van der Waals surface area contributed by atoms with Crippen molar-refractivity contribution in [3.63, 3.8) is 0 Å². The van der Waals surface area contributed by atoms with Crippen LogP contribution in [-0.2, 0) is 0 Å². The van der Waals surface area contributed by atoms with Gasteiger partial charge in [0.1, 0.15) is 0 Å². The first-order valence-electron chi connectivity index (χ1n) is 4.98. The van der Waals surface area contributed by atoms with E-state index in [1.54, 1.807) is 11.0 Å². The third kappa shape index (κ3) is 2.97. The number of aliphatic hydroxyl groups is 1. The molecule has 1 fully saturated rings. The number of nitrogens with one attached hydrogen (secondary N) is 1. The van der Waals surface area contributed by atoms with E-state index in [0.29, 0.717) is 0 Å². The third-order valence-corrected chi connectivity index (χ3v) is 2.51. The van der Waals surface area contributed by atoms with E-state index in [1.165, 1.54) is 0 Å². The normalized spacial score (nSPS) is 17.2. The van der Waals surface area contributed by atoms with Crippen LogP contribution in [0.15, 0.2) is 10.7 Å². The highest BCUT2D eigenvalue weighted by atomic mass is 35.5. The number of rotatable bonds is 3. The van der Waals surface area contributed by atoms with Gasteiger partial charge in [0.15, 0.2) is 0 Å². The molecule has 0 aromatic carbocycles. The fraction of sp³-hybridized carbons (Fsp3) is 0.750. The van der Waals surface area contributed by atoms with Crippen molar-refractivity contribution in [2.24, 2.45) is 0 Å². The minimum atomic E-state index is 0. The number of nitrogens with zero attached hydrogens (tertiary/aromatic N) is 4. The van der Waals surface area contributed by atoms with Gasteiger partial charge in [-0.15, -0.1) is 12.4 Å². The van der Waals surface area contributed by atoms with Crippen LogP contribution in [0.5, 0.6) is 0 Å². The lowest BCUT2D eigenvalue weighted by Gasteiger charge is -2.34. The summed E-state index contributed by atoms with van der Waals surface area (Å²) in [5.74, 6) is 0. The minimum absolute atomic E-state index is 0. The van der Waals surface area contributed by atoms with Crippen LogP contribution < -0.4 is 20.6 Å². The molecule has 0 radical (unpaired) electrons. The minimum Gasteiger partial charge on any atom is -0.395 e. The molecule has 8 heteroatoms. The fourth-order valence-corrected chi connectivity index (χ4v) is 1.68. The maximum Gasteiger partial charge on any atom is 0.286 e. The van der Waals surface area contributed by atoms with E-state index < -0.39 is 0 Å². The maximum atomic E-state index is 8.79. The summed E-state index contributed by atoms with van der Waals surface area (Å²) in [5.41, 5.74) is 0.0628. The van der Waals surface area contributed by atoms with Crippen LogP contribution in [0, 0.1) is 5.41 Å². The molecule has 0 bridgehead atoms. The van der Waals surface area contributed by atoms with Crippen molar-refractivity contribution in [2.45, 2.75) is 0 Å². The smallest absolute Gasteiger partial charge is 0.286 e. The summed E-state index contributed by atoms with van der Waals surface area (Å²) >= 11 is 0. The topological polar surface area (TPSA) is 81.7 Å². The van der Waals surface area contributed by atoms with Gasteiger partial charge in [-0.05, 0) is 5.27 Å². The van der Waals surface area contributed by atoms with Gasteiger partial charge in [0, 0.05) is 32.7 Å². The van der Waals surface area contributed by atoms with Crippen LogP contribution >= 0.6 is 12.4 Å². The Labute approximate surface area is 99.1 Å². The maximum absolute atomic E-state index is 8.79. The molecule has 2 heterocycles. The largest absolute Gasteiger partial charge is 0.395 e. The second kappa shape index (κ2) is 5.88. The number of piperazine rings is 1. The molecule has 16 heavy (non-hydrogen) atoms. The molecule has 1 aliphatic rings. The Morgan fingerprint density at radius 2 is 2.12 bits per heavy atom. The lowest BCUT2D eigenvalue weighted by Crippen LogP contribution is -2.66. The van der Waals surface area contributed by atoms with Crippen LogP contribution in [0.3, 0.4) is 0 Å². The van der Waals surface area contributed by atoms with Gasteiger partial charge >= 0.3 is 0 Å². The van der Waals surface area contributed by atoms with Crippen LogP contribution in [-0.4, -0.2) is 49.3 Å². The van der Waals surface area contributed by atoms with Crippen LogP contribution in [0.25, 0.3) is 0 Å². The summed E-state index contributed by atoms with van der Waals surface area (Å²) in [6, 6.07) is 0. The Kier molecular flexibility index (Phi) is 4.78. The summed E-state index contributed by atoms with van der Waals surface area (Å²) < 4.78 is 4.68. The molecule has 0 saturated carbocycles. The molecule has 1 aromatic heterocycles. The van der Waals surface area contributed by atoms with Gasteiger partial charge in [0.2, 0.25) is 0 Å². The number of aromatic nitrogens is 2. The Balaban J connectivity index is 0.00000128. The molecule has 92 valence electrons. The lowest BCUT2D eigenvalue weighted by atomic mass is 10.3. The molecule has 1 aromatic rings. The summed E-state index contributed by atoms with van der Waals surface area (Å²) in [6.45, 7) is 4.38. The molecule has 2 N–H and O–H groups in total. The van der Waals surface area contributed by atoms with Crippen molar-refractivity contribution in [1.82, 2.24) is 10.2 Å². The van der Waals surface area contributed by atoms with Crippen molar-refractivity contribution < 1.29 is 14.4 Å². The molecule has 0 spiro atoms. The molecular formula is C8H16ClN5O2. The average Bonchev–Trinajstić information content (AvgIpc) is 2.67. The third-order valence-electron chi connectivity index (χ3n) is 2.51. The molecule has 2 rings (SSSR count). The van der Waals surface area contributed by atoms with Crippen molar-refractivity contribution in [1.29, 1.82) is 5.41 Å². The number of halogens is 1. The zero-order valence-electron chi connectivity index (χ0n) is 8.87. The first-order chi connectivity index (χ1) is 7.29. The Bertz CT molecular complexity index is 357. The first-order valence-corrected chi connectivity index (χ1v) is 4.98. The van der Waals surface area contributed by atoms with E-state index in [9.17, 15) is 0 Å². The SMILES string of the molecule is Cl.N=c1c[n+](N2CCN(CCO)CC2)[n-]o1. The quantitative estimate of drug-likeness (QED) is 0.588. The zero-order chi connectivity index (χ0) is 10.7. The number of aliphatic hydroxyl groups excluding tert-OH is 1. The molecular weight excluding hydrogens is 234 g/mol. The van der Waals surface area contributed by atoms with Crippen molar-refractivity contribution in [3.8, 4) is 0 Å². The molecule has 0 atom stereocenters. The van der Waals surface area contributed by atoms with E-state index in [2.05, 4.69) is 14.7 Å². The number of hydrogen-bond acceptors (Lipinski definition) is 5. The van der Waals surface area contributed by atoms with Gasteiger partial charge < -0.3 is 14.5 Å². The van der Waals surface area contributed by atoms with Gasteiger partial charge in [-0.25, -0.2) is 0 Å². The second-order valence-corrected chi connectivity index (χ2v) is 3.51. The molecule has 0 amide bonds. The molecule has 0 unspecified atom stereocenters. The van der Waals surface area contributed by atoms with Gasteiger partial charge in [-0.2, -0.15) is 0 Å². The van der Waals surface area contributed by atoms with E-state index in [0.717, 1.165) is 32.7 Å². The lowest BCUT2D eigenvalue weighted by molar-refractivity contribution is -0.764. The van der Waals surface area contributed by atoms with Crippen LogP contribution in [0.1, 0.15) is 0 Å². The van der Waals surface area contributed by atoms with Crippen molar-refractivity contribution in [3.05, 3.63) is 11.8 Å². The first kappa shape index (κ1) is 13.0. The highest BCUT2D eigenvalue weighted by Crippen LogP contribution is 1.95. The van der Waals surface area contributed by atoms with Crippen LogP contribution in [0.4, 0.5) is 0 Å². The van der Waals surface area contributed by atoms with Gasteiger partial charge in [-0.1, -0.05) is 4.79 Å². The Morgan fingerprint density at radius 3 is 2.62 bits per heavy atom. The van der Waals surface area contributed by atoms with Crippen molar-refractivity contribution >= 4 is 12.4 Å². The summed E-state index contributed by atoms with van der Waals surface area (Å²) in [7, 11) is 0. The van der Waals surface area contributed by atoms with E-state index in [4.69, 9.17) is 10.5 Å². The molecule has 1 saturated heterocycles. The fourth-order valence-electron chi connectivity index (χ4n) is 1.68. The standard InChI is InChI=1S/C8H15N5O2.ClH/c9-8-7-13(10-15-8)12-3-1-11(2-4-12)5-6-14;/h7,9,14H,1-6H2;1H. The average molecular weight is 250 g/mol. The Morgan fingerprint density at radius 1 is 1.44 bits per heavy atom. The summed E-state index contributed by atoms with van der Waals surface area (Å²) in [4.78, 5) is 3.76.